The third-order valence-electron chi connectivity index (χ3n) is 4.54. The highest BCUT2D eigenvalue weighted by atomic mass is 16.5. The number of ether oxygens (including phenoxy) is 2. The second-order valence-corrected chi connectivity index (χ2v) is 6.19. The molecule has 3 heteroatoms. The zero-order valence-electron chi connectivity index (χ0n) is 12.4. The maximum atomic E-state index is 6.02. The third kappa shape index (κ3) is 2.63. The zero-order chi connectivity index (χ0) is 14.2. The van der Waals surface area contributed by atoms with Crippen molar-refractivity contribution < 1.29 is 9.47 Å². The molecule has 3 fully saturated rings. The van der Waals surface area contributed by atoms with Crippen LogP contribution < -0.4 is 4.74 Å². The van der Waals surface area contributed by atoms with Crippen LogP contribution in [0.4, 0.5) is 0 Å². The Labute approximate surface area is 125 Å². The molecule has 21 heavy (non-hydrogen) atoms. The lowest BCUT2D eigenvalue weighted by atomic mass is 9.99. The largest absolute Gasteiger partial charge is 0.492 e. The minimum absolute atomic E-state index is 0.478. The topological polar surface area (TPSA) is 21.7 Å². The minimum Gasteiger partial charge on any atom is -0.492 e. The molecule has 2 aromatic rings. The number of rotatable bonds is 4. The summed E-state index contributed by atoms with van der Waals surface area (Å²) < 4.78 is 11.7. The van der Waals surface area contributed by atoms with Crippen molar-refractivity contribution in [2.45, 2.75) is 25.6 Å². The molecule has 0 amide bonds. The van der Waals surface area contributed by atoms with E-state index in [1.807, 2.05) is 0 Å². The Balaban J connectivity index is 1.39. The van der Waals surface area contributed by atoms with E-state index in [0.29, 0.717) is 12.2 Å². The number of piperidine rings is 1. The van der Waals surface area contributed by atoms with Crippen molar-refractivity contribution in [3.8, 4) is 5.75 Å². The Hall–Kier alpha value is -1.58. The van der Waals surface area contributed by atoms with Crippen LogP contribution in [0.3, 0.4) is 0 Å². The van der Waals surface area contributed by atoms with Crippen LogP contribution in [0, 0.1) is 6.92 Å². The van der Waals surface area contributed by atoms with E-state index in [1.165, 1.54) is 22.8 Å². The molecule has 2 bridgehead atoms. The van der Waals surface area contributed by atoms with Crippen LogP contribution in [-0.2, 0) is 4.74 Å². The van der Waals surface area contributed by atoms with Crippen LogP contribution in [0.25, 0.3) is 10.8 Å². The predicted octanol–water partition coefficient (Wildman–Crippen LogP) is 3.00. The van der Waals surface area contributed by atoms with Gasteiger partial charge in [-0.2, -0.15) is 0 Å². The van der Waals surface area contributed by atoms with Gasteiger partial charge in [-0.05, 0) is 35.4 Å². The van der Waals surface area contributed by atoms with E-state index in [2.05, 4.69) is 48.2 Å². The van der Waals surface area contributed by atoms with E-state index in [-0.39, 0.29) is 0 Å². The molecule has 0 spiro atoms. The molecule has 2 aromatic carbocycles. The van der Waals surface area contributed by atoms with Gasteiger partial charge in [-0.3, -0.25) is 4.90 Å². The highest BCUT2D eigenvalue weighted by Crippen LogP contribution is 2.28. The predicted molar refractivity (Wildman–Crippen MR) is 83.9 cm³/mol. The van der Waals surface area contributed by atoms with Crippen LogP contribution in [-0.4, -0.2) is 43.3 Å². The van der Waals surface area contributed by atoms with Crippen molar-refractivity contribution in [2.24, 2.45) is 0 Å². The van der Waals surface area contributed by atoms with Gasteiger partial charge >= 0.3 is 0 Å². The molecule has 110 valence electrons. The van der Waals surface area contributed by atoms with Crippen LogP contribution in [0.2, 0.25) is 0 Å². The summed E-state index contributed by atoms with van der Waals surface area (Å²) in [6.45, 7) is 5.99. The molecular formula is C18H21NO2. The maximum Gasteiger partial charge on any atom is 0.122 e. The standard InChI is InChI=1S/C18H21NO2/c1-13-8-14-4-2-3-5-15(14)9-18(13)20-7-6-19-11-16-10-17(12-19)21-16/h2-5,8-9,16-17H,6-7,10-12H2,1H3. The Morgan fingerprint density at radius 3 is 2.52 bits per heavy atom. The van der Waals surface area contributed by atoms with Gasteiger partial charge < -0.3 is 9.47 Å². The van der Waals surface area contributed by atoms with Crippen LogP contribution in [0.1, 0.15) is 12.0 Å². The molecule has 3 nitrogen and oxygen atoms in total. The third-order valence-corrected chi connectivity index (χ3v) is 4.54. The molecule has 0 N–H and O–H groups in total. The van der Waals surface area contributed by atoms with E-state index in [9.17, 15) is 0 Å². The molecule has 2 atom stereocenters. The molecule has 0 aliphatic carbocycles. The molecule has 5 rings (SSSR count). The Morgan fingerprint density at radius 1 is 1.14 bits per heavy atom. The zero-order valence-corrected chi connectivity index (χ0v) is 12.4. The smallest absolute Gasteiger partial charge is 0.122 e. The van der Waals surface area contributed by atoms with Crippen molar-refractivity contribution in [2.75, 3.05) is 26.2 Å². The fraction of sp³-hybridized carbons (Fsp3) is 0.444. The summed E-state index contributed by atoms with van der Waals surface area (Å²) in [4.78, 5) is 2.46. The molecule has 3 heterocycles. The summed E-state index contributed by atoms with van der Waals surface area (Å²) in [7, 11) is 0. The summed E-state index contributed by atoms with van der Waals surface area (Å²) in [6.07, 6.45) is 2.21. The molecule has 3 aliphatic rings. The maximum absolute atomic E-state index is 6.02. The van der Waals surface area contributed by atoms with Gasteiger partial charge in [-0.15, -0.1) is 0 Å². The number of morpholine rings is 1. The lowest BCUT2D eigenvalue weighted by Crippen LogP contribution is -2.57. The summed E-state index contributed by atoms with van der Waals surface area (Å²) in [5.41, 5.74) is 1.21. The van der Waals surface area contributed by atoms with Gasteiger partial charge in [0.05, 0.1) is 12.2 Å². The van der Waals surface area contributed by atoms with E-state index in [4.69, 9.17) is 9.47 Å². The second-order valence-electron chi connectivity index (χ2n) is 6.19. The summed E-state index contributed by atoms with van der Waals surface area (Å²) in [5.74, 6) is 1.01. The van der Waals surface area contributed by atoms with Crippen LogP contribution in [0.15, 0.2) is 36.4 Å². The van der Waals surface area contributed by atoms with Gasteiger partial charge in [0.15, 0.2) is 0 Å². The first-order valence-electron chi connectivity index (χ1n) is 7.78. The number of aryl methyl sites for hydroxylation is 1. The first-order valence-corrected chi connectivity index (χ1v) is 7.78. The Morgan fingerprint density at radius 2 is 1.81 bits per heavy atom. The van der Waals surface area contributed by atoms with Crippen molar-refractivity contribution in [3.63, 3.8) is 0 Å². The molecule has 0 radical (unpaired) electrons. The first kappa shape index (κ1) is 13.1. The monoisotopic (exact) mass is 283 g/mol. The van der Waals surface area contributed by atoms with Crippen LogP contribution >= 0.6 is 0 Å². The highest BCUT2D eigenvalue weighted by molar-refractivity contribution is 5.84. The quantitative estimate of drug-likeness (QED) is 0.861. The average molecular weight is 283 g/mol. The second kappa shape index (κ2) is 5.32. The number of fused-ring (bicyclic) bond motifs is 3. The number of benzene rings is 2. The number of nitrogens with zero attached hydrogens (tertiary/aromatic N) is 1. The summed E-state index contributed by atoms with van der Waals surface area (Å²) in [6, 6.07) is 12.8. The van der Waals surface area contributed by atoms with Gasteiger partial charge in [0, 0.05) is 26.1 Å². The van der Waals surface area contributed by atoms with E-state index in [0.717, 1.165) is 32.0 Å². The Bertz CT molecular complexity index is 639. The summed E-state index contributed by atoms with van der Waals surface area (Å²) >= 11 is 0. The lowest BCUT2D eigenvalue weighted by Gasteiger charge is -2.47. The lowest BCUT2D eigenvalue weighted by molar-refractivity contribution is -0.181. The normalized spacial score (nSPS) is 24.8. The van der Waals surface area contributed by atoms with E-state index in [1.54, 1.807) is 0 Å². The van der Waals surface area contributed by atoms with E-state index < -0.39 is 0 Å². The summed E-state index contributed by atoms with van der Waals surface area (Å²) in [5, 5.41) is 2.52. The molecule has 2 unspecified atom stereocenters. The van der Waals surface area contributed by atoms with Gasteiger partial charge in [0.1, 0.15) is 12.4 Å². The van der Waals surface area contributed by atoms with Crippen LogP contribution in [0.5, 0.6) is 5.75 Å². The SMILES string of the molecule is Cc1cc2ccccc2cc1OCCN1CC2CC(C1)O2. The number of hydrogen-bond acceptors (Lipinski definition) is 3. The Kier molecular flexibility index (Phi) is 3.32. The fourth-order valence-electron chi connectivity index (χ4n) is 3.40. The van der Waals surface area contributed by atoms with E-state index >= 15 is 0 Å². The minimum atomic E-state index is 0.478. The van der Waals surface area contributed by atoms with Crippen molar-refractivity contribution >= 4 is 10.8 Å². The molecule has 3 aliphatic heterocycles. The van der Waals surface area contributed by atoms with Gasteiger partial charge in [0.25, 0.3) is 0 Å². The van der Waals surface area contributed by atoms with Gasteiger partial charge in [-0.25, -0.2) is 0 Å². The molecule has 3 saturated heterocycles. The molecule has 0 aromatic heterocycles. The fourth-order valence-corrected chi connectivity index (χ4v) is 3.40. The van der Waals surface area contributed by atoms with Crippen molar-refractivity contribution in [3.05, 3.63) is 42.0 Å². The highest BCUT2D eigenvalue weighted by Gasteiger charge is 2.37. The van der Waals surface area contributed by atoms with Gasteiger partial charge in [0.2, 0.25) is 0 Å². The molecule has 0 saturated carbocycles. The van der Waals surface area contributed by atoms with Crippen molar-refractivity contribution in [1.29, 1.82) is 0 Å². The number of hydrogen-bond donors (Lipinski definition) is 0. The first-order chi connectivity index (χ1) is 10.3. The van der Waals surface area contributed by atoms with Gasteiger partial charge in [-0.1, -0.05) is 24.3 Å². The average Bonchev–Trinajstić information content (AvgIpc) is 2.47. The molecular weight excluding hydrogens is 262 g/mol. The van der Waals surface area contributed by atoms with Crippen molar-refractivity contribution in [1.82, 2.24) is 4.90 Å².